The Morgan fingerprint density at radius 1 is 1.22 bits per heavy atom. The van der Waals surface area contributed by atoms with Gasteiger partial charge in [0.2, 0.25) is 0 Å². The van der Waals surface area contributed by atoms with Gasteiger partial charge in [-0.25, -0.2) is 0 Å². The lowest BCUT2D eigenvalue weighted by molar-refractivity contribution is 0.0996. The fourth-order valence-corrected chi connectivity index (χ4v) is 1.86. The molecule has 94 valence electrons. The summed E-state index contributed by atoms with van der Waals surface area (Å²) in [5.74, 6) is 0.127. The second-order valence-electron chi connectivity index (χ2n) is 4.26. The summed E-state index contributed by atoms with van der Waals surface area (Å²) in [5, 5.41) is 2.04. The largest absolute Gasteiger partial charge is 0.493 e. The Bertz CT molecular complexity index is 563. The molecule has 0 saturated carbocycles. The fourth-order valence-electron chi connectivity index (χ4n) is 1.86. The van der Waals surface area contributed by atoms with Crippen LogP contribution in [-0.2, 0) is 0 Å². The van der Waals surface area contributed by atoms with Gasteiger partial charge in [-0.05, 0) is 29.3 Å². The first-order valence-electron chi connectivity index (χ1n) is 6.17. The summed E-state index contributed by atoms with van der Waals surface area (Å²) in [7, 11) is 0. The second kappa shape index (κ2) is 5.54. The fraction of sp³-hybridized carbons (Fsp3) is 0.267. The van der Waals surface area contributed by atoms with E-state index in [9.17, 15) is 4.79 Å². The van der Waals surface area contributed by atoms with Crippen LogP contribution in [0.4, 0.5) is 0 Å². The monoisotopic (exact) mass is 243 g/mol. The molecule has 0 aromatic heterocycles. The molecule has 3 nitrogen and oxygen atoms in total. The Morgan fingerprint density at radius 3 is 2.50 bits per heavy atom. The van der Waals surface area contributed by atoms with Gasteiger partial charge in [0.05, 0.1) is 12.2 Å². The molecular weight excluding hydrogens is 226 g/mol. The molecule has 1 amide bonds. The highest BCUT2D eigenvalue weighted by molar-refractivity contribution is 6.00. The van der Waals surface area contributed by atoms with Gasteiger partial charge in [-0.3, -0.25) is 4.79 Å². The maximum atomic E-state index is 11.4. The first kappa shape index (κ1) is 12.4. The van der Waals surface area contributed by atoms with Crippen LogP contribution in [0.1, 0.15) is 30.1 Å². The van der Waals surface area contributed by atoms with Crippen LogP contribution in [0.3, 0.4) is 0 Å². The Balaban J connectivity index is 2.41. The highest BCUT2D eigenvalue weighted by atomic mass is 16.5. The van der Waals surface area contributed by atoms with E-state index in [-0.39, 0.29) is 0 Å². The summed E-state index contributed by atoms with van der Waals surface area (Å²) in [4.78, 5) is 11.4. The molecule has 0 saturated heterocycles. The van der Waals surface area contributed by atoms with Gasteiger partial charge in [0, 0.05) is 0 Å². The van der Waals surface area contributed by atoms with Gasteiger partial charge < -0.3 is 10.5 Å². The normalized spacial score (nSPS) is 10.5. The molecule has 0 spiro atoms. The van der Waals surface area contributed by atoms with Gasteiger partial charge in [0.1, 0.15) is 5.75 Å². The highest BCUT2D eigenvalue weighted by Crippen LogP contribution is 2.26. The molecule has 0 fully saturated rings. The molecule has 2 aromatic carbocycles. The lowest BCUT2D eigenvalue weighted by atomic mass is 10.1. The maximum Gasteiger partial charge on any atom is 0.252 e. The maximum absolute atomic E-state index is 11.4. The van der Waals surface area contributed by atoms with Crippen LogP contribution in [0.25, 0.3) is 10.8 Å². The lowest BCUT2D eigenvalue weighted by Crippen LogP contribution is -2.13. The molecule has 0 aliphatic heterocycles. The van der Waals surface area contributed by atoms with Gasteiger partial charge in [-0.1, -0.05) is 37.6 Å². The number of carbonyl (C=O) groups is 1. The van der Waals surface area contributed by atoms with Crippen molar-refractivity contribution in [3.8, 4) is 5.75 Å². The van der Waals surface area contributed by atoms with Crippen molar-refractivity contribution in [1.29, 1.82) is 0 Å². The number of amides is 1. The van der Waals surface area contributed by atoms with Crippen molar-refractivity contribution in [2.24, 2.45) is 5.73 Å². The molecule has 2 N–H and O–H groups in total. The number of ether oxygens (including phenoxy) is 1. The van der Waals surface area contributed by atoms with Gasteiger partial charge in [0.25, 0.3) is 5.91 Å². The van der Waals surface area contributed by atoms with E-state index in [4.69, 9.17) is 10.5 Å². The van der Waals surface area contributed by atoms with Crippen molar-refractivity contribution in [2.45, 2.75) is 19.8 Å². The second-order valence-corrected chi connectivity index (χ2v) is 4.26. The number of fused-ring (bicyclic) bond motifs is 1. The zero-order chi connectivity index (χ0) is 13.0. The number of nitrogens with two attached hydrogens (primary N) is 1. The van der Waals surface area contributed by atoms with Crippen molar-refractivity contribution >= 4 is 16.7 Å². The summed E-state index contributed by atoms with van der Waals surface area (Å²) in [6, 6.07) is 11.5. The van der Waals surface area contributed by atoms with Crippen LogP contribution < -0.4 is 10.5 Å². The number of carbonyl (C=O) groups excluding carboxylic acids is 1. The molecule has 0 aliphatic carbocycles. The van der Waals surface area contributed by atoms with Crippen molar-refractivity contribution in [2.75, 3.05) is 6.61 Å². The molecule has 3 heteroatoms. The number of unbranched alkanes of at least 4 members (excludes halogenated alkanes) is 1. The van der Waals surface area contributed by atoms with Gasteiger partial charge in [-0.2, -0.15) is 0 Å². The van der Waals surface area contributed by atoms with Gasteiger partial charge in [0.15, 0.2) is 0 Å². The third kappa shape index (κ3) is 2.62. The van der Waals surface area contributed by atoms with Crippen molar-refractivity contribution in [3.63, 3.8) is 0 Å². The number of benzene rings is 2. The van der Waals surface area contributed by atoms with Crippen LogP contribution in [0, 0.1) is 0 Å². The van der Waals surface area contributed by atoms with Gasteiger partial charge in [-0.15, -0.1) is 0 Å². The predicted molar refractivity (Wildman–Crippen MR) is 72.9 cm³/mol. The number of hydrogen-bond acceptors (Lipinski definition) is 2. The first-order chi connectivity index (χ1) is 8.72. The van der Waals surface area contributed by atoms with Crippen molar-refractivity contribution in [3.05, 3.63) is 42.0 Å². The smallest absolute Gasteiger partial charge is 0.252 e. The third-order valence-corrected chi connectivity index (χ3v) is 2.87. The zero-order valence-electron chi connectivity index (χ0n) is 10.5. The molecule has 0 radical (unpaired) electrons. The minimum Gasteiger partial charge on any atom is -0.493 e. The number of rotatable bonds is 5. The summed E-state index contributed by atoms with van der Waals surface area (Å²) in [6.07, 6.45) is 2.02. The lowest BCUT2D eigenvalue weighted by Gasteiger charge is -2.10. The van der Waals surface area contributed by atoms with E-state index in [0.29, 0.717) is 17.9 Å². The Hall–Kier alpha value is -2.03. The molecule has 0 bridgehead atoms. The van der Waals surface area contributed by atoms with Crippen LogP contribution in [0.2, 0.25) is 0 Å². The van der Waals surface area contributed by atoms with E-state index >= 15 is 0 Å². The van der Waals surface area contributed by atoms with Crippen LogP contribution in [0.5, 0.6) is 5.75 Å². The quantitative estimate of drug-likeness (QED) is 0.820. The molecule has 2 rings (SSSR count). The first-order valence-corrected chi connectivity index (χ1v) is 6.17. The zero-order valence-corrected chi connectivity index (χ0v) is 10.5. The van der Waals surface area contributed by atoms with Crippen LogP contribution in [0.15, 0.2) is 36.4 Å². The summed E-state index contributed by atoms with van der Waals surface area (Å²) in [5.41, 5.74) is 5.84. The van der Waals surface area contributed by atoms with Crippen LogP contribution >= 0.6 is 0 Å². The van der Waals surface area contributed by atoms with Crippen molar-refractivity contribution < 1.29 is 9.53 Å². The Kier molecular flexibility index (Phi) is 3.82. The van der Waals surface area contributed by atoms with E-state index in [2.05, 4.69) is 6.92 Å². The minimum absolute atomic E-state index is 0.449. The van der Waals surface area contributed by atoms with E-state index in [0.717, 1.165) is 23.6 Å². The Labute approximate surface area is 107 Å². The summed E-state index contributed by atoms with van der Waals surface area (Å²) < 4.78 is 5.65. The minimum atomic E-state index is -0.452. The van der Waals surface area contributed by atoms with Crippen molar-refractivity contribution in [1.82, 2.24) is 0 Å². The molecule has 2 aromatic rings. The average molecular weight is 243 g/mol. The average Bonchev–Trinajstić information content (AvgIpc) is 2.38. The molecule has 18 heavy (non-hydrogen) atoms. The van der Waals surface area contributed by atoms with E-state index in [1.807, 2.05) is 30.3 Å². The number of hydrogen-bond donors (Lipinski definition) is 1. The third-order valence-electron chi connectivity index (χ3n) is 2.87. The van der Waals surface area contributed by atoms with E-state index < -0.39 is 5.91 Å². The molecular formula is C15H17NO2. The number of primary amides is 1. The summed E-state index contributed by atoms with van der Waals surface area (Å²) in [6.45, 7) is 2.70. The van der Waals surface area contributed by atoms with E-state index in [1.165, 1.54) is 0 Å². The topological polar surface area (TPSA) is 52.3 Å². The molecule has 0 unspecified atom stereocenters. The predicted octanol–water partition coefficient (Wildman–Crippen LogP) is 3.12. The molecule has 0 atom stereocenters. The SMILES string of the molecule is CCCCOc1cc2ccccc2cc1C(N)=O. The molecule has 0 heterocycles. The standard InChI is InChI=1S/C15H17NO2/c1-2-3-8-18-14-10-12-7-5-4-6-11(12)9-13(14)15(16)17/h4-7,9-10H,2-3,8H2,1H3,(H2,16,17). The van der Waals surface area contributed by atoms with E-state index in [1.54, 1.807) is 6.07 Å². The van der Waals surface area contributed by atoms with Crippen LogP contribution in [-0.4, -0.2) is 12.5 Å². The summed E-state index contributed by atoms with van der Waals surface area (Å²) >= 11 is 0. The van der Waals surface area contributed by atoms with Gasteiger partial charge >= 0.3 is 0 Å². The Morgan fingerprint density at radius 2 is 1.89 bits per heavy atom. The highest BCUT2D eigenvalue weighted by Gasteiger charge is 2.10. The molecule has 0 aliphatic rings.